The van der Waals surface area contributed by atoms with Crippen LogP contribution in [0.2, 0.25) is 0 Å². The molecule has 1 aliphatic heterocycles. The minimum atomic E-state index is -4.20. The Bertz CT molecular complexity index is 1400. The summed E-state index contributed by atoms with van der Waals surface area (Å²) in [5.41, 5.74) is 2.04. The molecule has 2 aromatic heterocycles. The number of rotatable bonds is 6. The van der Waals surface area contributed by atoms with Crippen LogP contribution in [-0.2, 0) is 16.4 Å². The molecule has 2 N–H and O–H groups in total. The first-order valence-corrected chi connectivity index (χ1v) is 11.4. The molecule has 5 rings (SSSR count). The number of sulfonamides is 1. The van der Waals surface area contributed by atoms with Gasteiger partial charge in [-0.15, -0.1) is 0 Å². The largest absolute Gasteiger partial charge is 0.493 e. The van der Waals surface area contributed by atoms with Crippen LogP contribution in [0, 0.1) is 0 Å². The minimum Gasteiger partial charge on any atom is -0.493 e. The summed E-state index contributed by atoms with van der Waals surface area (Å²) in [6.07, 6.45) is 5.32. The van der Waals surface area contributed by atoms with Gasteiger partial charge in [-0.05, 0) is 42.7 Å². The van der Waals surface area contributed by atoms with Gasteiger partial charge >= 0.3 is 6.03 Å². The van der Waals surface area contributed by atoms with Crippen LogP contribution >= 0.6 is 0 Å². The van der Waals surface area contributed by atoms with Gasteiger partial charge in [0.2, 0.25) is 5.88 Å². The first kappa shape index (κ1) is 17.0. The number of hydrogen-bond acceptors (Lipinski definition) is 7. The summed E-state index contributed by atoms with van der Waals surface area (Å²) in [5, 5.41) is 6.45. The van der Waals surface area contributed by atoms with Crippen LogP contribution in [0.4, 0.5) is 10.5 Å². The number of ether oxygens (including phenoxy) is 2. The van der Waals surface area contributed by atoms with E-state index in [1.165, 1.54) is 18.3 Å². The average molecular weight is 459 g/mol. The number of amides is 2. The lowest BCUT2D eigenvalue weighted by atomic mass is 9.99. The zero-order valence-electron chi connectivity index (χ0n) is 19.7. The number of pyridine rings is 1. The van der Waals surface area contributed by atoms with E-state index in [1.54, 1.807) is 29.1 Å². The van der Waals surface area contributed by atoms with Gasteiger partial charge in [-0.3, -0.25) is 4.68 Å². The molecule has 1 saturated carbocycles. The fourth-order valence-corrected chi connectivity index (χ4v) is 4.45. The lowest BCUT2D eigenvalue weighted by Crippen LogP contribution is -2.35. The number of benzene rings is 1. The summed E-state index contributed by atoms with van der Waals surface area (Å²) in [6.45, 7) is 0.399. The first-order chi connectivity index (χ1) is 16.6. The molecule has 2 aliphatic rings. The Hall–Kier alpha value is -3.60. The third-order valence-electron chi connectivity index (χ3n) is 5.28. The highest BCUT2D eigenvalue weighted by molar-refractivity contribution is 7.90. The van der Waals surface area contributed by atoms with Crippen molar-refractivity contribution < 1.29 is 26.8 Å². The first-order valence-electron chi connectivity index (χ1n) is 11.4. The van der Waals surface area contributed by atoms with Crippen molar-refractivity contribution >= 4 is 21.7 Å². The molecule has 0 spiro atoms. The van der Waals surface area contributed by atoms with Gasteiger partial charge < -0.3 is 14.8 Å². The fourth-order valence-electron chi connectivity index (χ4n) is 3.61. The van der Waals surface area contributed by atoms with Crippen molar-refractivity contribution in [3.63, 3.8) is 0 Å². The molecule has 0 saturated heterocycles. The Morgan fingerprint density at radius 1 is 1.31 bits per heavy atom. The van der Waals surface area contributed by atoms with Crippen molar-refractivity contribution in [3.8, 4) is 22.8 Å². The summed E-state index contributed by atoms with van der Waals surface area (Å²) >= 11 is 0. The van der Waals surface area contributed by atoms with Crippen LogP contribution in [0.1, 0.15) is 28.6 Å². The molecule has 1 fully saturated rings. The Morgan fingerprint density at radius 3 is 3.00 bits per heavy atom. The maximum Gasteiger partial charge on any atom is 0.333 e. The van der Waals surface area contributed by atoms with Gasteiger partial charge in [0.25, 0.3) is 10.0 Å². The monoisotopic (exact) mass is 458 g/mol. The van der Waals surface area contributed by atoms with Gasteiger partial charge in [0.1, 0.15) is 5.75 Å². The molecule has 32 heavy (non-hydrogen) atoms. The van der Waals surface area contributed by atoms with Crippen LogP contribution in [-0.4, -0.2) is 42.9 Å². The average Bonchev–Trinajstić information content (AvgIpc) is 3.29. The SMILES string of the molecule is [2H]C([2H])([2H])Oc1cc(-c2ccc3c(c2NC(=O)NS(=O)(=O)c2ccn(C4CC4)n2)CCO3)ccn1. The van der Waals surface area contributed by atoms with Crippen LogP contribution in [0.25, 0.3) is 11.1 Å². The molecule has 3 heterocycles. The van der Waals surface area contributed by atoms with E-state index in [0.717, 1.165) is 12.8 Å². The molecule has 1 aromatic carbocycles. The minimum absolute atomic E-state index is 0.122. The molecule has 166 valence electrons. The number of fused-ring (bicyclic) bond motifs is 1. The topological polar surface area (TPSA) is 124 Å². The molecule has 2 amide bonds. The third-order valence-corrected chi connectivity index (χ3v) is 6.50. The normalized spacial score (nSPS) is 16.8. The van der Waals surface area contributed by atoms with Crippen molar-refractivity contribution in [2.24, 2.45) is 0 Å². The highest BCUT2D eigenvalue weighted by Gasteiger charge is 2.28. The maximum atomic E-state index is 12.8. The molecule has 10 nitrogen and oxygen atoms in total. The highest BCUT2D eigenvalue weighted by atomic mass is 32.2. The van der Waals surface area contributed by atoms with E-state index in [2.05, 4.69) is 15.4 Å². The summed E-state index contributed by atoms with van der Waals surface area (Å²) in [6, 6.07) is 7.02. The molecular formula is C21H21N5O5S. The molecule has 11 heteroatoms. The number of carbonyl (C=O) groups is 1. The second kappa shape index (κ2) is 7.83. The van der Waals surface area contributed by atoms with E-state index in [0.29, 0.717) is 41.2 Å². The van der Waals surface area contributed by atoms with Crippen molar-refractivity contribution in [2.45, 2.75) is 30.3 Å². The predicted molar refractivity (Wildman–Crippen MR) is 115 cm³/mol. The van der Waals surface area contributed by atoms with Crippen molar-refractivity contribution in [3.05, 3.63) is 48.3 Å². The highest BCUT2D eigenvalue weighted by Crippen LogP contribution is 2.40. The smallest absolute Gasteiger partial charge is 0.333 e. The summed E-state index contributed by atoms with van der Waals surface area (Å²) < 4.78 is 61.3. The Morgan fingerprint density at radius 2 is 2.19 bits per heavy atom. The molecule has 1 aliphatic carbocycles. The van der Waals surface area contributed by atoms with E-state index in [9.17, 15) is 13.2 Å². The fraction of sp³-hybridized carbons (Fsp3) is 0.286. The van der Waals surface area contributed by atoms with Crippen LogP contribution in [0.15, 0.2) is 47.8 Å². The maximum absolute atomic E-state index is 12.8. The van der Waals surface area contributed by atoms with Crippen LogP contribution in [0.3, 0.4) is 0 Å². The number of hydrogen-bond donors (Lipinski definition) is 2. The van der Waals surface area contributed by atoms with E-state index in [1.807, 2.05) is 4.72 Å². The molecule has 0 bridgehead atoms. The molecule has 0 unspecified atom stereocenters. The van der Waals surface area contributed by atoms with E-state index in [4.69, 9.17) is 13.6 Å². The van der Waals surface area contributed by atoms with Crippen molar-refractivity contribution in [2.75, 3.05) is 19.0 Å². The summed E-state index contributed by atoms with van der Waals surface area (Å²) in [5.74, 6) is 0.437. The number of aromatic nitrogens is 3. The zero-order chi connectivity index (χ0) is 24.8. The summed E-state index contributed by atoms with van der Waals surface area (Å²) in [4.78, 5) is 16.7. The molecule has 0 radical (unpaired) electrons. The number of methoxy groups -OCH3 is 1. The zero-order valence-corrected chi connectivity index (χ0v) is 17.6. The molecular weight excluding hydrogens is 434 g/mol. The second-order valence-electron chi connectivity index (χ2n) is 7.47. The van der Waals surface area contributed by atoms with Gasteiger partial charge in [0.15, 0.2) is 5.03 Å². The Balaban J connectivity index is 1.43. The number of nitrogens with zero attached hydrogens (tertiary/aromatic N) is 3. The van der Waals surface area contributed by atoms with Crippen LogP contribution in [0.5, 0.6) is 11.6 Å². The lowest BCUT2D eigenvalue weighted by Gasteiger charge is -2.16. The Kier molecular flexibility index (Phi) is 4.16. The summed E-state index contributed by atoms with van der Waals surface area (Å²) in [7, 11) is -6.88. The van der Waals surface area contributed by atoms with Crippen molar-refractivity contribution in [1.29, 1.82) is 0 Å². The van der Waals surface area contributed by atoms with Gasteiger partial charge in [0.05, 0.1) is 29.5 Å². The van der Waals surface area contributed by atoms with E-state index >= 15 is 0 Å². The molecule has 3 aromatic rings. The van der Waals surface area contributed by atoms with Gasteiger partial charge in [-0.2, -0.15) is 13.5 Å². The van der Waals surface area contributed by atoms with Crippen LogP contribution < -0.4 is 19.5 Å². The molecule has 0 atom stereocenters. The lowest BCUT2D eigenvalue weighted by molar-refractivity contribution is 0.256. The third kappa shape index (κ3) is 3.86. The second-order valence-corrected chi connectivity index (χ2v) is 9.10. The number of urea groups is 1. The van der Waals surface area contributed by atoms with E-state index < -0.39 is 23.1 Å². The van der Waals surface area contributed by atoms with Crippen molar-refractivity contribution in [1.82, 2.24) is 19.5 Å². The number of carbonyl (C=O) groups excluding carboxylic acids is 1. The van der Waals surface area contributed by atoms with Gasteiger partial charge in [-0.25, -0.2) is 14.5 Å². The quantitative estimate of drug-likeness (QED) is 0.582. The number of nitrogens with one attached hydrogen (secondary N) is 2. The van der Waals surface area contributed by atoms with Gasteiger partial charge in [0, 0.05) is 36.0 Å². The Labute approximate surface area is 188 Å². The standard InChI is InChI=1S/C21H21N5O5S/c1-30-18-12-13(6-9-22-18)15-4-5-17-16(8-11-31-17)20(15)23-21(27)25-32(28,29)19-7-10-26(24-19)14-2-3-14/h4-7,9-10,12,14H,2-3,8,11H2,1H3,(H2,23,25,27)/i1D3. The predicted octanol–water partition coefficient (Wildman–Crippen LogP) is 2.73. The van der Waals surface area contributed by atoms with E-state index in [-0.39, 0.29) is 16.9 Å². The van der Waals surface area contributed by atoms with Gasteiger partial charge in [-0.1, -0.05) is 0 Å². The number of anilines is 1.